The molecule has 5 rings (SSSR count). The Labute approximate surface area is 169 Å². The van der Waals surface area contributed by atoms with Gasteiger partial charge in [-0.2, -0.15) is 0 Å². The minimum atomic E-state index is -0.177. The van der Waals surface area contributed by atoms with E-state index in [2.05, 4.69) is 26.3 Å². The van der Waals surface area contributed by atoms with Crippen molar-refractivity contribution < 1.29 is 13.9 Å². The molecule has 3 aliphatic heterocycles. The van der Waals surface area contributed by atoms with Gasteiger partial charge in [-0.05, 0) is 49.9 Å². The number of rotatable bonds is 5. The fourth-order valence-corrected chi connectivity index (χ4v) is 5.72. The molecule has 2 aromatic rings. The molecule has 3 aliphatic rings. The van der Waals surface area contributed by atoms with Crippen molar-refractivity contribution in [1.29, 1.82) is 0 Å². The van der Waals surface area contributed by atoms with Gasteiger partial charge in [0.25, 0.3) is 5.91 Å². The highest BCUT2D eigenvalue weighted by atomic mass is 19.1. The summed E-state index contributed by atoms with van der Waals surface area (Å²) in [5, 5.41) is 3.07. The van der Waals surface area contributed by atoms with Gasteiger partial charge in [0.15, 0.2) is 0 Å². The molecule has 1 spiro atoms. The van der Waals surface area contributed by atoms with Crippen LogP contribution in [0.2, 0.25) is 0 Å². The van der Waals surface area contributed by atoms with Crippen molar-refractivity contribution in [2.24, 2.45) is 11.8 Å². The first-order valence-corrected chi connectivity index (χ1v) is 10.4. The van der Waals surface area contributed by atoms with Crippen LogP contribution in [-0.2, 0) is 11.3 Å². The molecule has 2 bridgehead atoms. The zero-order chi connectivity index (χ0) is 20.2. The molecular formula is C22H27FN4O2. The Balaban J connectivity index is 1.26. The van der Waals surface area contributed by atoms with Crippen LogP contribution in [0.3, 0.4) is 0 Å². The third-order valence-electron chi connectivity index (χ3n) is 6.91. The largest absolute Gasteiger partial charge is 0.370 e. The Morgan fingerprint density at radius 2 is 2.28 bits per heavy atom. The van der Waals surface area contributed by atoms with Crippen LogP contribution in [0.5, 0.6) is 0 Å². The Morgan fingerprint density at radius 1 is 1.41 bits per heavy atom. The number of likely N-dealkylation sites (tertiary alicyclic amines) is 1. The molecule has 6 nitrogen and oxygen atoms in total. The van der Waals surface area contributed by atoms with E-state index in [-0.39, 0.29) is 23.4 Å². The highest BCUT2D eigenvalue weighted by molar-refractivity contribution is 5.93. The molecule has 1 amide bonds. The number of halogens is 1. The van der Waals surface area contributed by atoms with Crippen LogP contribution in [-0.4, -0.2) is 52.1 Å². The lowest BCUT2D eigenvalue weighted by molar-refractivity contribution is 0.00212. The van der Waals surface area contributed by atoms with E-state index in [1.165, 1.54) is 0 Å². The van der Waals surface area contributed by atoms with E-state index in [9.17, 15) is 9.18 Å². The normalized spacial score (nSPS) is 30.7. The van der Waals surface area contributed by atoms with Crippen LogP contribution in [0.15, 0.2) is 24.5 Å². The first-order chi connectivity index (χ1) is 13.9. The lowest BCUT2D eigenvalue weighted by Crippen LogP contribution is -2.42. The van der Waals surface area contributed by atoms with Gasteiger partial charge in [-0.1, -0.05) is 6.07 Å². The smallest absolute Gasteiger partial charge is 0.271 e. The Bertz CT molecular complexity index is 924. The number of aromatic amines is 1. The number of aryl methyl sites for hydroxylation is 2. The summed E-state index contributed by atoms with van der Waals surface area (Å²) in [5.41, 5.74) is 3.08. The van der Waals surface area contributed by atoms with Crippen LogP contribution in [0, 0.1) is 31.5 Å². The summed E-state index contributed by atoms with van der Waals surface area (Å²) in [6.07, 6.45) is 3.89. The van der Waals surface area contributed by atoms with Crippen molar-refractivity contribution in [1.82, 2.24) is 20.2 Å². The van der Waals surface area contributed by atoms with Crippen molar-refractivity contribution in [2.45, 2.75) is 44.9 Å². The molecule has 3 saturated heterocycles. The molecule has 7 heteroatoms. The number of carbonyl (C=O) groups excluding carboxylic acids is 1. The molecule has 0 unspecified atom stereocenters. The lowest BCUT2D eigenvalue weighted by Gasteiger charge is -2.29. The van der Waals surface area contributed by atoms with Crippen molar-refractivity contribution >= 4 is 5.91 Å². The van der Waals surface area contributed by atoms with E-state index in [4.69, 9.17) is 4.74 Å². The minimum absolute atomic E-state index is 0.106. The van der Waals surface area contributed by atoms with Gasteiger partial charge < -0.3 is 15.0 Å². The molecule has 29 heavy (non-hydrogen) atoms. The highest BCUT2D eigenvalue weighted by Gasteiger charge is 2.62. The standard InChI is InChI=1S/C22H27FN4O2/c1-13-5-15(7-16(23)6-13)9-27-10-18-17(19-3-4-22(18,11-27)29-19)8-24-21(28)20-14(2)25-12-26-20/h5-7,12,17-19H,3-4,8-11H2,1-2H3,(H,24,28)(H,25,26)/t17-,18+,19+,22+/m0/s1. The number of fused-ring (bicyclic) bond motifs is 1. The van der Waals surface area contributed by atoms with Crippen LogP contribution >= 0.6 is 0 Å². The van der Waals surface area contributed by atoms with E-state index < -0.39 is 0 Å². The number of carbonyl (C=O) groups is 1. The molecule has 1 aromatic heterocycles. The summed E-state index contributed by atoms with van der Waals surface area (Å²) in [6, 6.07) is 5.24. The Hall–Kier alpha value is -2.25. The zero-order valence-corrected chi connectivity index (χ0v) is 16.9. The Morgan fingerprint density at radius 3 is 3.03 bits per heavy atom. The zero-order valence-electron chi connectivity index (χ0n) is 16.9. The average Bonchev–Trinajstić information content (AvgIpc) is 3.39. The van der Waals surface area contributed by atoms with Crippen molar-refractivity contribution in [3.05, 3.63) is 52.9 Å². The summed E-state index contributed by atoms with van der Waals surface area (Å²) >= 11 is 0. The summed E-state index contributed by atoms with van der Waals surface area (Å²) in [5.74, 6) is 0.400. The topological polar surface area (TPSA) is 70.2 Å². The quantitative estimate of drug-likeness (QED) is 0.812. The van der Waals surface area contributed by atoms with E-state index in [0.29, 0.717) is 24.1 Å². The minimum Gasteiger partial charge on any atom is -0.370 e. The average molecular weight is 398 g/mol. The van der Waals surface area contributed by atoms with Gasteiger partial charge in [-0.15, -0.1) is 0 Å². The fourth-order valence-electron chi connectivity index (χ4n) is 5.72. The summed E-state index contributed by atoms with van der Waals surface area (Å²) in [4.78, 5) is 21.9. The van der Waals surface area contributed by atoms with Gasteiger partial charge in [0, 0.05) is 43.7 Å². The summed E-state index contributed by atoms with van der Waals surface area (Å²) in [6.45, 7) is 6.92. The number of nitrogens with zero attached hydrogens (tertiary/aromatic N) is 2. The molecule has 4 heterocycles. The lowest BCUT2D eigenvalue weighted by atomic mass is 9.73. The van der Waals surface area contributed by atoms with Crippen molar-refractivity contribution in [3.8, 4) is 0 Å². The highest BCUT2D eigenvalue weighted by Crippen LogP contribution is 2.54. The monoisotopic (exact) mass is 398 g/mol. The molecule has 0 aliphatic carbocycles. The van der Waals surface area contributed by atoms with Gasteiger partial charge in [0.05, 0.1) is 18.0 Å². The molecule has 1 aromatic carbocycles. The fraction of sp³-hybridized carbons (Fsp3) is 0.545. The third kappa shape index (κ3) is 3.26. The first-order valence-electron chi connectivity index (χ1n) is 10.4. The summed E-state index contributed by atoms with van der Waals surface area (Å²) < 4.78 is 20.2. The van der Waals surface area contributed by atoms with Crippen molar-refractivity contribution in [2.75, 3.05) is 19.6 Å². The second-order valence-corrected chi connectivity index (χ2v) is 8.92. The number of H-pyrrole nitrogens is 1. The Kier molecular flexibility index (Phi) is 4.47. The maximum atomic E-state index is 13.8. The van der Waals surface area contributed by atoms with Gasteiger partial charge >= 0.3 is 0 Å². The first kappa shape index (κ1) is 18.8. The van der Waals surface area contributed by atoms with E-state index in [1.807, 2.05) is 13.8 Å². The molecule has 154 valence electrons. The maximum Gasteiger partial charge on any atom is 0.271 e. The van der Waals surface area contributed by atoms with Crippen LogP contribution in [0.1, 0.15) is 40.2 Å². The molecule has 0 saturated carbocycles. The predicted octanol–water partition coefficient (Wildman–Crippen LogP) is 2.58. The maximum absolute atomic E-state index is 13.8. The van der Waals surface area contributed by atoms with Gasteiger partial charge in [-0.25, -0.2) is 9.37 Å². The number of imidazole rings is 1. The summed E-state index contributed by atoms with van der Waals surface area (Å²) in [7, 11) is 0. The molecule has 2 N–H and O–H groups in total. The number of hydrogen-bond acceptors (Lipinski definition) is 4. The molecule has 3 fully saturated rings. The number of hydrogen-bond donors (Lipinski definition) is 2. The van der Waals surface area contributed by atoms with E-state index >= 15 is 0 Å². The van der Waals surface area contributed by atoms with Crippen LogP contribution < -0.4 is 5.32 Å². The predicted molar refractivity (Wildman–Crippen MR) is 106 cm³/mol. The number of ether oxygens (including phenoxy) is 1. The third-order valence-corrected chi connectivity index (χ3v) is 6.91. The van der Waals surface area contributed by atoms with Gasteiger partial charge in [0.2, 0.25) is 0 Å². The molecule has 0 radical (unpaired) electrons. The van der Waals surface area contributed by atoms with Gasteiger partial charge in [-0.3, -0.25) is 9.69 Å². The van der Waals surface area contributed by atoms with E-state index in [1.54, 1.807) is 18.5 Å². The second-order valence-electron chi connectivity index (χ2n) is 8.92. The molecule has 4 atom stereocenters. The van der Waals surface area contributed by atoms with E-state index in [0.717, 1.165) is 49.3 Å². The van der Waals surface area contributed by atoms with Crippen LogP contribution in [0.25, 0.3) is 0 Å². The van der Waals surface area contributed by atoms with Crippen molar-refractivity contribution in [3.63, 3.8) is 0 Å². The second kappa shape index (κ2) is 6.92. The van der Waals surface area contributed by atoms with Gasteiger partial charge in [0.1, 0.15) is 11.5 Å². The molecular weight excluding hydrogens is 371 g/mol. The number of nitrogens with one attached hydrogen (secondary N) is 2. The number of amides is 1. The SMILES string of the molecule is Cc1cc(F)cc(CN2C[C@@H]3[C@H](CNC(=O)c4nc[nH]c4C)[C@H]4CC[C@]3(C2)O4)c1. The van der Waals surface area contributed by atoms with Crippen LogP contribution in [0.4, 0.5) is 4.39 Å². The number of benzene rings is 1. The number of aromatic nitrogens is 2.